The quantitative estimate of drug-likeness (QED) is 0.0277. The molecule has 0 heterocycles. The number of quaternary nitrogens is 1. The maximum Gasteiger partial charge on any atom is 0.472 e. The van der Waals surface area contributed by atoms with E-state index >= 15 is 0 Å². The van der Waals surface area contributed by atoms with Gasteiger partial charge in [0.25, 0.3) is 0 Å². The predicted octanol–water partition coefficient (Wildman–Crippen LogP) is 11.2. The third-order valence-corrected chi connectivity index (χ3v) is 11.4. The monoisotopic (exact) mass is 778 g/mol. The van der Waals surface area contributed by atoms with Gasteiger partial charge in [0.1, 0.15) is 19.3 Å². The van der Waals surface area contributed by atoms with E-state index in [0.717, 1.165) is 38.5 Å². The molecule has 0 aromatic carbocycles. The number of amides is 1. The van der Waals surface area contributed by atoms with Gasteiger partial charge in [-0.05, 0) is 12.8 Å². The maximum absolute atomic E-state index is 12.9. The fourth-order valence-corrected chi connectivity index (χ4v) is 7.53. The van der Waals surface area contributed by atoms with Gasteiger partial charge >= 0.3 is 7.82 Å². The van der Waals surface area contributed by atoms with E-state index in [1.165, 1.54) is 148 Å². The number of carbonyl (C=O) groups excluding carboxylic acids is 1. The van der Waals surface area contributed by atoms with Crippen LogP contribution in [0.5, 0.6) is 0 Å². The van der Waals surface area contributed by atoms with Gasteiger partial charge in [0.2, 0.25) is 5.91 Å². The van der Waals surface area contributed by atoms with Gasteiger partial charge in [0, 0.05) is 6.42 Å². The number of carbonyl (C=O) groups is 1. The average Bonchev–Trinajstić information content (AvgIpc) is 3.10. The number of aliphatic hydroxyl groups excluding tert-OH is 2. The molecular formula is C43H90N2O7P+. The molecule has 1 amide bonds. The third-order valence-electron chi connectivity index (χ3n) is 10.4. The Morgan fingerprint density at radius 3 is 1.32 bits per heavy atom. The summed E-state index contributed by atoms with van der Waals surface area (Å²) in [5, 5.41) is 24.7. The highest BCUT2D eigenvalue weighted by Crippen LogP contribution is 2.43. The molecule has 4 atom stereocenters. The van der Waals surface area contributed by atoms with Gasteiger partial charge in [-0.15, -0.1) is 0 Å². The topological polar surface area (TPSA) is 125 Å². The second-order valence-corrected chi connectivity index (χ2v) is 18.4. The highest BCUT2D eigenvalue weighted by atomic mass is 31.2. The van der Waals surface area contributed by atoms with E-state index in [9.17, 15) is 24.5 Å². The van der Waals surface area contributed by atoms with Gasteiger partial charge in [-0.1, -0.05) is 194 Å². The molecule has 0 spiro atoms. The van der Waals surface area contributed by atoms with Crippen LogP contribution in [-0.4, -0.2) is 84.6 Å². The van der Waals surface area contributed by atoms with Crippen LogP contribution in [0.3, 0.4) is 0 Å². The smallest absolute Gasteiger partial charge is 0.390 e. The van der Waals surface area contributed by atoms with Crippen molar-refractivity contribution < 1.29 is 38.0 Å². The van der Waals surface area contributed by atoms with Crippen LogP contribution in [0.1, 0.15) is 213 Å². The molecule has 318 valence electrons. The summed E-state index contributed by atoms with van der Waals surface area (Å²) in [6, 6.07) is -1.02. The number of hydrogen-bond acceptors (Lipinski definition) is 6. The number of phosphoric ester groups is 1. The lowest BCUT2D eigenvalue weighted by molar-refractivity contribution is -0.870. The molecule has 0 bridgehead atoms. The largest absolute Gasteiger partial charge is 0.472 e. The number of nitrogens with zero attached hydrogens (tertiary/aromatic N) is 1. The molecule has 0 saturated carbocycles. The van der Waals surface area contributed by atoms with Gasteiger partial charge in [0.15, 0.2) is 0 Å². The Kier molecular flexibility index (Phi) is 35.5. The average molecular weight is 778 g/mol. The number of rotatable bonds is 41. The highest BCUT2D eigenvalue weighted by molar-refractivity contribution is 7.47. The van der Waals surface area contributed by atoms with Crippen molar-refractivity contribution in [3.05, 3.63) is 0 Å². The molecule has 4 N–H and O–H groups in total. The first-order chi connectivity index (χ1) is 25.4. The van der Waals surface area contributed by atoms with Crippen LogP contribution in [-0.2, 0) is 18.4 Å². The van der Waals surface area contributed by atoms with Crippen molar-refractivity contribution in [2.75, 3.05) is 40.9 Å². The number of aliphatic hydroxyl groups is 2. The molecule has 0 aromatic rings. The summed E-state index contributed by atoms with van der Waals surface area (Å²) in [6.07, 6.45) is 34.4. The minimum absolute atomic E-state index is 0.0255. The molecule has 0 aromatic heterocycles. The van der Waals surface area contributed by atoms with Crippen molar-refractivity contribution >= 4 is 13.7 Å². The summed E-state index contributed by atoms with van der Waals surface area (Å²) < 4.78 is 23.5. The van der Waals surface area contributed by atoms with Crippen molar-refractivity contribution in [1.29, 1.82) is 0 Å². The molecule has 0 aliphatic heterocycles. The van der Waals surface area contributed by atoms with E-state index in [0.29, 0.717) is 23.9 Å². The second kappa shape index (κ2) is 35.8. The van der Waals surface area contributed by atoms with Crippen LogP contribution in [0.4, 0.5) is 0 Å². The number of hydrogen-bond donors (Lipinski definition) is 4. The summed E-state index contributed by atoms with van der Waals surface area (Å²) in [4.78, 5) is 23.2. The zero-order valence-electron chi connectivity index (χ0n) is 35.6. The number of unbranched alkanes of at least 4 members (excludes halogenated alkanes) is 27. The van der Waals surface area contributed by atoms with E-state index < -0.39 is 32.7 Å². The van der Waals surface area contributed by atoms with Crippen LogP contribution < -0.4 is 5.32 Å². The Hall–Kier alpha value is -0.540. The fraction of sp³-hybridized carbons (Fsp3) is 0.977. The third kappa shape index (κ3) is 36.8. The molecular weight excluding hydrogens is 687 g/mol. The van der Waals surface area contributed by atoms with Crippen molar-refractivity contribution in [1.82, 2.24) is 5.32 Å². The lowest BCUT2D eigenvalue weighted by Gasteiger charge is -2.28. The van der Waals surface area contributed by atoms with Crippen molar-refractivity contribution in [2.45, 2.75) is 231 Å². The van der Waals surface area contributed by atoms with Crippen molar-refractivity contribution in [3.8, 4) is 0 Å². The minimum Gasteiger partial charge on any atom is -0.390 e. The zero-order chi connectivity index (χ0) is 39.5. The van der Waals surface area contributed by atoms with E-state index in [4.69, 9.17) is 9.05 Å². The van der Waals surface area contributed by atoms with Crippen molar-refractivity contribution in [2.24, 2.45) is 0 Å². The van der Waals surface area contributed by atoms with Crippen LogP contribution in [0.15, 0.2) is 0 Å². The molecule has 0 radical (unpaired) electrons. The molecule has 53 heavy (non-hydrogen) atoms. The Labute approximate surface area is 328 Å². The van der Waals surface area contributed by atoms with Gasteiger partial charge in [-0.3, -0.25) is 13.8 Å². The van der Waals surface area contributed by atoms with Crippen LogP contribution in [0.2, 0.25) is 0 Å². The molecule has 4 unspecified atom stereocenters. The molecule has 0 aliphatic carbocycles. The summed E-state index contributed by atoms with van der Waals surface area (Å²) in [7, 11) is 1.45. The first-order valence-corrected chi connectivity index (χ1v) is 24.0. The number of likely N-dealkylation sites (N-methyl/N-ethyl adjacent to an activating group) is 1. The van der Waals surface area contributed by atoms with Gasteiger partial charge in [-0.2, -0.15) is 0 Å². The molecule has 10 heteroatoms. The van der Waals surface area contributed by atoms with Gasteiger partial charge in [-0.25, -0.2) is 4.57 Å². The van der Waals surface area contributed by atoms with E-state index in [1.807, 2.05) is 21.1 Å². The Morgan fingerprint density at radius 2 is 0.943 bits per heavy atom. The zero-order valence-corrected chi connectivity index (χ0v) is 36.5. The highest BCUT2D eigenvalue weighted by Gasteiger charge is 2.31. The second-order valence-electron chi connectivity index (χ2n) is 16.9. The number of nitrogens with one attached hydrogen (secondary N) is 1. The molecule has 0 aliphatic rings. The molecule has 0 saturated heterocycles. The normalized spacial score (nSPS) is 14.9. The molecule has 9 nitrogen and oxygen atoms in total. The maximum atomic E-state index is 12.9. The lowest BCUT2D eigenvalue weighted by atomic mass is 9.99. The van der Waals surface area contributed by atoms with Crippen LogP contribution >= 0.6 is 7.82 Å². The Morgan fingerprint density at radius 1 is 0.585 bits per heavy atom. The Balaban J connectivity index is 4.44. The van der Waals surface area contributed by atoms with E-state index in [1.54, 1.807) is 0 Å². The molecule has 0 fully saturated rings. The SMILES string of the molecule is CCCCCCCCCCCCCCCCCCCC(=O)NC(COP(=O)(O)OCC[N+](C)(C)C)C(O)C(O)CCCCCCCCCCCCCC. The van der Waals surface area contributed by atoms with Gasteiger partial charge in [0.05, 0.1) is 39.9 Å². The number of phosphoric acid groups is 1. The summed E-state index contributed by atoms with van der Waals surface area (Å²) >= 11 is 0. The summed E-state index contributed by atoms with van der Waals surface area (Å²) in [6.45, 7) is 4.62. The van der Waals surface area contributed by atoms with Crippen molar-refractivity contribution in [3.63, 3.8) is 0 Å². The van der Waals surface area contributed by atoms with E-state index in [2.05, 4.69) is 19.2 Å². The first kappa shape index (κ1) is 52.5. The lowest BCUT2D eigenvalue weighted by Crippen LogP contribution is -2.51. The van der Waals surface area contributed by atoms with Crippen LogP contribution in [0.25, 0.3) is 0 Å². The van der Waals surface area contributed by atoms with Crippen LogP contribution in [0, 0.1) is 0 Å². The summed E-state index contributed by atoms with van der Waals surface area (Å²) in [5.41, 5.74) is 0. The standard InChI is InChI=1S/C43H89N2O7P/c1-6-8-10-12-14-16-18-20-21-22-23-24-26-28-30-32-34-36-42(47)44-40(39-52-53(49,50)51-38-37-45(3,4)5)43(48)41(46)35-33-31-29-27-25-19-17-15-13-11-9-7-2/h40-41,43,46,48H,6-39H2,1-5H3,(H-,44,47,49,50)/p+1. The summed E-state index contributed by atoms with van der Waals surface area (Å²) in [5.74, 6) is -0.255. The fourth-order valence-electron chi connectivity index (χ4n) is 6.79. The van der Waals surface area contributed by atoms with E-state index in [-0.39, 0.29) is 12.5 Å². The minimum atomic E-state index is -4.41. The molecule has 0 rings (SSSR count). The Bertz CT molecular complexity index is 857. The predicted molar refractivity (Wildman–Crippen MR) is 223 cm³/mol. The van der Waals surface area contributed by atoms with Gasteiger partial charge < -0.3 is 24.9 Å². The first-order valence-electron chi connectivity index (χ1n) is 22.5.